The van der Waals surface area contributed by atoms with Crippen molar-refractivity contribution in [1.29, 1.82) is 0 Å². The van der Waals surface area contributed by atoms with Gasteiger partial charge in [-0.2, -0.15) is 0 Å². The topological polar surface area (TPSA) is 96.0 Å². The van der Waals surface area contributed by atoms with Crippen LogP contribution in [0.25, 0.3) is 0 Å². The number of nitrogens with one attached hydrogen (secondary N) is 1. The molecule has 0 aliphatic rings. The van der Waals surface area contributed by atoms with Gasteiger partial charge in [-0.15, -0.1) is 0 Å². The van der Waals surface area contributed by atoms with E-state index in [0.717, 1.165) is 15.4 Å². The second-order valence-corrected chi connectivity index (χ2v) is 13.1. The highest BCUT2D eigenvalue weighted by Gasteiger charge is 2.35. The minimum absolute atomic E-state index is 0.0108. The van der Waals surface area contributed by atoms with Crippen molar-refractivity contribution in [2.24, 2.45) is 0 Å². The van der Waals surface area contributed by atoms with E-state index in [9.17, 15) is 18.0 Å². The van der Waals surface area contributed by atoms with Gasteiger partial charge in [0.25, 0.3) is 10.0 Å². The van der Waals surface area contributed by atoms with Crippen molar-refractivity contribution in [3.05, 3.63) is 87.4 Å². The maximum Gasteiger partial charge on any atom is 0.264 e. The molecule has 0 aliphatic heterocycles. The molecule has 0 bridgehead atoms. The summed E-state index contributed by atoms with van der Waals surface area (Å²) in [6.45, 7) is 8.58. The molecule has 0 aromatic heterocycles. The smallest absolute Gasteiger partial charge is 0.264 e. The Morgan fingerprint density at radius 1 is 0.930 bits per heavy atom. The van der Waals surface area contributed by atoms with Crippen LogP contribution in [0, 0.1) is 13.8 Å². The van der Waals surface area contributed by atoms with Crippen LogP contribution >= 0.6 is 23.2 Å². The van der Waals surface area contributed by atoms with Gasteiger partial charge in [-0.25, -0.2) is 8.42 Å². The van der Waals surface area contributed by atoms with E-state index in [1.54, 1.807) is 55.5 Å². The summed E-state index contributed by atoms with van der Waals surface area (Å²) in [6, 6.07) is 15.4. The van der Waals surface area contributed by atoms with Crippen molar-refractivity contribution < 1.29 is 22.7 Å². The number of nitrogens with zero attached hydrogens (tertiary/aromatic N) is 2. The maximum absolute atomic E-state index is 14.3. The van der Waals surface area contributed by atoms with Crippen molar-refractivity contribution in [2.75, 3.05) is 18.0 Å². The average molecular weight is 649 g/mol. The fourth-order valence-corrected chi connectivity index (χ4v) is 6.49. The van der Waals surface area contributed by atoms with Gasteiger partial charge in [0.2, 0.25) is 11.8 Å². The maximum atomic E-state index is 14.3. The molecule has 8 nitrogen and oxygen atoms in total. The number of hydrogen-bond acceptors (Lipinski definition) is 5. The van der Waals surface area contributed by atoms with Gasteiger partial charge in [0.05, 0.1) is 17.7 Å². The third kappa shape index (κ3) is 8.22. The van der Waals surface area contributed by atoms with Crippen LogP contribution in [0.3, 0.4) is 0 Å². The highest BCUT2D eigenvalue weighted by molar-refractivity contribution is 7.92. The van der Waals surface area contributed by atoms with Crippen LogP contribution in [-0.2, 0) is 26.2 Å². The normalized spacial score (nSPS) is 12.7. The third-order valence-electron chi connectivity index (χ3n) is 7.27. The van der Waals surface area contributed by atoms with Crippen molar-refractivity contribution in [2.45, 2.75) is 71.0 Å². The first-order valence-electron chi connectivity index (χ1n) is 14.1. The lowest BCUT2D eigenvalue weighted by molar-refractivity contribution is -0.140. The van der Waals surface area contributed by atoms with E-state index in [1.807, 2.05) is 27.7 Å². The summed E-state index contributed by atoms with van der Waals surface area (Å²) in [6.07, 6.45) is 0.969. The minimum Gasteiger partial charge on any atom is -0.495 e. The first-order valence-corrected chi connectivity index (χ1v) is 16.3. The van der Waals surface area contributed by atoms with Gasteiger partial charge >= 0.3 is 0 Å². The third-order valence-corrected chi connectivity index (χ3v) is 9.75. The molecule has 0 saturated heterocycles. The quantitative estimate of drug-likeness (QED) is 0.227. The van der Waals surface area contributed by atoms with E-state index in [1.165, 1.54) is 24.1 Å². The Kier molecular flexibility index (Phi) is 11.9. The summed E-state index contributed by atoms with van der Waals surface area (Å²) in [5, 5.41) is 3.60. The lowest BCUT2D eigenvalue weighted by Crippen LogP contribution is -2.53. The largest absolute Gasteiger partial charge is 0.495 e. The molecule has 1 N–H and O–H groups in total. The van der Waals surface area contributed by atoms with Gasteiger partial charge in [0.15, 0.2) is 0 Å². The van der Waals surface area contributed by atoms with Crippen LogP contribution in [0.2, 0.25) is 10.0 Å². The Morgan fingerprint density at radius 2 is 1.53 bits per heavy atom. The number of hydrogen-bond donors (Lipinski definition) is 1. The van der Waals surface area contributed by atoms with Crippen LogP contribution in [0.5, 0.6) is 5.75 Å². The first kappa shape index (κ1) is 34.2. The lowest BCUT2D eigenvalue weighted by atomic mass is 10.1. The van der Waals surface area contributed by atoms with Gasteiger partial charge in [0.1, 0.15) is 18.3 Å². The fourth-order valence-electron chi connectivity index (χ4n) is 4.56. The molecule has 11 heteroatoms. The van der Waals surface area contributed by atoms with Crippen molar-refractivity contribution >= 4 is 50.7 Å². The molecule has 0 saturated carbocycles. The average Bonchev–Trinajstić information content (AvgIpc) is 2.97. The van der Waals surface area contributed by atoms with E-state index >= 15 is 0 Å². The summed E-state index contributed by atoms with van der Waals surface area (Å²) in [5.41, 5.74) is 2.31. The second-order valence-electron chi connectivity index (χ2n) is 10.5. The van der Waals surface area contributed by atoms with Gasteiger partial charge < -0.3 is 15.0 Å². The number of sulfonamides is 1. The zero-order valence-corrected chi connectivity index (χ0v) is 27.7. The fraction of sp³-hybridized carbons (Fsp3) is 0.375. The number of carbonyl (C=O) groups is 2. The number of rotatable bonds is 13. The van der Waals surface area contributed by atoms with E-state index in [2.05, 4.69) is 5.32 Å². The number of anilines is 1. The SMILES string of the molecule is CC[C@H](C(=O)N[C@@H](C)CC)N(Cc1c(Cl)cccc1Cl)C(=O)CN(c1cc(C)ccc1OC)S(=O)(=O)c1ccc(C)cc1. The Balaban J connectivity index is 2.17. The van der Waals surface area contributed by atoms with Crippen molar-refractivity contribution in [3.8, 4) is 5.75 Å². The molecule has 3 aromatic carbocycles. The molecule has 0 fully saturated rings. The molecule has 0 aliphatic carbocycles. The first-order chi connectivity index (χ1) is 20.3. The predicted octanol–water partition coefficient (Wildman–Crippen LogP) is 6.54. The predicted molar refractivity (Wildman–Crippen MR) is 172 cm³/mol. The molecule has 43 heavy (non-hydrogen) atoms. The monoisotopic (exact) mass is 647 g/mol. The number of benzene rings is 3. The molecule has 0 spiro atoms. The standard InChI is InChI=1S/C32H39Cl2N3O5S/c1-7-23(5)35-32(39)28(8-2)36(19-25-26(33)10-9-11-27(25)34)31(38)20-37(29-18-22(4)14-17-30(29)42-6)43(40,41)24-15-12-21(3)13-16-24/h9-18,23,28H,7-8,19-20H2,1-6H3,(H,35,39)/t23-,28+/m0/s1. The summed E-state index contributed by atoms with van der Waals surface area (Å²) in [5.74, 6) is -0.688. The molecule has 0 unspecified atom stereocenters. The second kappa shape index (κ2) is 14.9. The molecule has 2 amide bonds. The molecule has 232 valence electrons. The van der Waals surface area contributed by atoms with E-state index < -0.39 is 28.5 Å². The van der Waals surface area contributed by atoms with Gasteiger partial charge in [-0.1, -0.05) is 66.9 Å². The Morgan fingerprint density at radius 3 is 2.09 bits per heavy atom. The molecular weight excluding hydrogens is 609 g/mol. The molecular formula is C32H39Cl2N3O5S. The summed E-state index contributed by atoms with van der Waals surface area (Å²) in [4.78, 5) is 29.2. The van der Waals surface area contributed by atoms with Crippen LogP contribution in [0.4, 0.5) is 5.69 Å². The summed E-state index contributed by atoms with van der Waals surface area (Å²) < 4.78 is 34.9. The Hall–Kier alpha value is -3.27. The number of amides is 2. The molecule has 0 radical (unpaired) electrons. The van der Waals surface area contributed by atoms with Crippen LogP contribution in [-0.4, -0.2) is 50.9 Å². The van der Waals surface area contributed by atoms with Crippen molar-refractivity contribution in [3.63, 3.8) is 0 Å². The zero-order valence-electron chi connectivity index (χ0n) is 25.4. The molecule has 3 aromatic rings. The van der Waals surface area contributed by atoms with Gasteiger partial charge in [0, 0.05) is 28.2 Å². The number of carbonyl (C=O) groups excluding carboxylic acids is 2. The molecule has 3 rings (SSSR count). The number of halogens is 2. The highest BCUT2D eigenvalue weighted by atomic mass is 35.5. The highest BCUT2D eigenvalue weighted by Crippen LogP contribution is 2.34. The lowest BCUT2D eigenvalue weighted by Gasteiger charge is -2.34. The Bertz CT molecular complexity index is 1530. The zero-order chi connectivity index (χ0) is 31.9. The number of methoxy groups -OCH3 is 1. The van der Waals surface area contributed by atoms with E-state index in [4.69, 9.17) is 27.9 Å². The number of ether oxygens (including phenoxy) is 1. The number of aryl methyl sites for hydroxylation is 2. The molecule has 0 heterocycles. The van der Waals surface area contributed by atoms with Crippen LogP contribution in [0.1, 0.15) is 50.3 Å². The van der Waals surface area contributed by atoms with E-state index in [0.29, 0.717) is 22.0 Å². The van der Waals surface area contributed by atoms with Gasteiger partial charge in [-0.3, -0.25) is 13.9 Å². The van der Waals surface area contributed by atoms with Crippen LogP contribution in [0.15, 0.2) is 65.6 Å². The van der Waals surface area contributed by atoms with Crippen LogP contribution < -0.4 is 14.4 Å². The van der Waals surface area contributed by atoms with E-state index in [-0.39, 0.29) is 41.2 Å². The summed E-state index contributed by atoms with van der Waals surface area (Å²) in [7, 11) is -2.83. The Labute approximate surface area is 265 Å². The van der Waals surface area contributed by atoms with Gasteiger partial charge in [-0.05, 0) is 75.6 Å². The molecule has 2 atom stereocenters. The summed E-state index contributed by atoms with van der Waals surface area (Å²) >= 11 is 13.0. The minimum atomic E-state index is -4.26. The van der Waals surface area contributed by atoms with Crippen molar-refractivity contribution in [1.82, 2.24) is 10.2 Å².